The maximum atomic E-state index is 13.1. The summed E-state index contributed by atoms with van der Waals surface area (Å²) in [4.78, 5) is 2.16. The third-order valence-electron chi connectivity index (χ3n) is 2.95. The number of likely N-dealkylation sites (tertiary alicyclic amines) is 1. The van der Waals surface area contributed by atoms with Gasteiger partial charge in [0.25, 0.3) is 0 Å². The molecule has 1 heterocycles. The molecule has 1 aliphatic rings. The van der Waals surface area contributed by atoms with Crippen molar-refractivity contribution in [3.8, 4) is 0 Å². The molecule has 80 valence electrons. The smallest absolute Gasteiger partial charge is 0.110 e. The lowest BCUT2D eigenvalue weighted by atomic mass is 10.1. The van der Waals surface area contributed by atoms with Gasteiger partial charge in [-0.15, -0.1) is 0 Å². The van der Waals surface area contributed by atoms with E-state index in [1.165, 1.54) is 5.56 Å². The summed E-state index contributed by atoms with van der Waals surface area (Å²) in [7, 11) is 0. The van der Waals surface area contributed by atoms with E-state index in [0.29, 0.717) is 0 Å². The van der Waals surface area contributed by atoms with Crippen LogP contribution in [0.25, 0.3) is 0 Å². The van der Waals surface area contributed by atoms with Crippen LogP contribution in [-0.2, 0) is 6.54 Å². The maximum Gasteiger partial charge on any atom is 0.110 e. The van der Waals surface area contributed by atoms with Gasteiger partial charge in [-0.1, -0.05) is 36.9 Å². The van der Waals surface area contributed by atoms with Crippen LogP contribution in [0.2, 0.25) is 0 Å². The van der Waals surface area contributed by atoms with E-state index < -0.39 is 0 Å². The topological polar surface area (TPSA) is 3.24 Å². The van der Waals surface area contributed by atoms with Crippen LogP contribution in [0.1, 0.15) is 18.4 Å². The summed E-state index contributed by atoms with van der Waals surface area (Å²) in [6.07, 6.45) is 1.97. The SMILES string of the molecule is C=C(F)[C@@H]1CCCN1Cc1ccccc1. The Balaban J connectivity index is 2.03. The van der Waals surface area contributed by atoms with Crippen molar-refractivity contribution in [2.24, 2.45) is 0 Å². The fourth-order valence-corrected chi connectivity index (χ4v) is 2.19. The molecule has 0 amide bonds. The molecule has 1 aliphatic heterocycles. The lowest BCUT2D eigenvalue weighted by Crippen LogP contribution is -2.29. The highest BCUT2D eigenvalue weighted by atomic mass is 19.1. The summed E-state index contributed by atoms with van der Waals surface area (Å²) in [5.74, 6) is -0.191. The predicted octanol–water partition coefficient (Wildman–Crippen LogP) is 3.13. The van der Waals surface area contributed by atoms with Crippen molar-refractivity contribution in [3.05, 3.63) is 48.3 Å². The van der Waals surface area contributed by atoms with Gasteiger partial charge in [-0.05, 0) is 24.9 Å². The van der Waals surface area contributed by atoms with Crippen molar-refractivity contribution in [1.29, 1.82) is 0 Å². The van der Waals surface area contributed by atoms with Gasteiger partial charge in [-0.2, -0.15) is 0 Å². The molecule has 0 spiro atoms. The molecule has 15 heavy (non-hydrogen) atoms. The fraction of sp³-hybridized carbons (Fsp3) is 0.385. The molecule has 0 saturated carbocycles. The Kier molecular flexibility index (Phi) is 3.17. The van der Waals surface area contributed by atoms with E-state index in [4.69, 9.17) is 0 Å². The molecular formula is C13H16FN. The quantitative estimate of drug-likeness (QED) is 0.732. The van der Waals surface area contributed by atoms with Crippen molar-refractivity contribution >= 4 is 0 Å². The molecule has 1 aromatic carbocycles. The predicted molar refractivity (Wildman–Crippen MR) is 60.1 cm³/mol. The van der Waals surface area contributed by atoms with Crippen molar-refractivity contribution in [2.75, 3.05) is 6.54 Å². The van der Waals surface area contributed by atoms with Crippen LogP contribution in [0, 0.1) is 0 Å². The Bertz CT molecular complexity index is 334. The van der Waals surface area contributed by atoms with Crippen LogP contribution >= 0.6 is 0 Å². The average molecular weight is 205 g/mol. The lowest BCUT2D eigenvalue weighted by Gasteiger charge is -2.22. The van der Waals surface area contributed by atoms with E-state index in [1.54, 1.807) is 0 Å². The molecule has 1 saturated heterocycles. The lowest BCUT2D eigenvalue weighted by molar-refractivity contribution is 0.247. The Labute approximate surface area is 90.2 Å². The second-order valence-electron chi connectivity index (χ2n) is 4.06. The zero-order chi connectivity index (χ0) is 10.7. The van der Waals surface area contributed by atoms with Gasteiger partial charge in [-0.3, -0.25) is 4.90 Å². The molecule has 0 aromatic heterocycles. The summed E-state index contributed by atoms with van der Waals surface area (Å²) in [5, 5.41) is 0. The average Bonchev–Trinajstić information content (AvgIpc) is 2.67. The zero-order valence-electron chi connectivity index (χ0n) is 8.82. The third-order valence-corrected chi connectivity index (χ3v) is 2.95. The molecule has 0 unspecified atom stereocenters. The van der Waals surface area contributed by atoms with Gasteiger partial charge in [0.1, 0.15) is 5.83 Å². The highest BCUT2D eigenvalue weighted by Gasteiger charge is 2.26. The van der Waals surface area contributed by atoms with E-state index in [1.807, 2.05) is 18.2 Å². The first-order valence-corrected chi connectivity index (χ1v) is 5.39. The van der Waals surface area contributed by atoms with Gasteiger partial charge < -0.3 is 0 Å². The second-order valence-corrected chi connectivity index (χ2v) is 4.06. The van der Waals surface area contributed by atoms with E-state index in [9.17, 15) is 4.39 Å². The molecule has 1 atom stereocenters. The highest BCUT2D eigenvalue weighted by Crippen LogP contribution is 2.25. The van der Waals surface area contributed by atoms with Crippen LogP contribution in [0.4, 0.5) is 4.39 Å². The third kappa shape index (κ3) is 2.45. The Morgan fingerprint density at radius 2 is 2.13 bits per heavy atom. The van der Waals surface area contributed by atoms with Crippen LogP contribution < -0.4 is 0 Å². The summed E-state index contributed by atoms with van der Waals surface area (Å²) in [6.45, 7) is 5.22. The van der Waals surface area contributed by atoms with Crippen LogP contribution in [0.15, 0.2) is 42.7 Å². The first kappa shape index (κ1) is 10.4. The van der Waals surface area contributed by atoms with E-state index in [2.05, 4.69) is 23.6 Å². The van der Waals surface area contributed by atoms with Gasteiger partial charge in [0.05, 0.1) is 6.04 Å². The van der Waals surface area contributed by atoms with E-state index in [-0.39, 0.29) is 11.9 Å². The van der Waals surface area contributed by atoms with Crippen molar-refractivity contribution in [2.45, 2.75) is 25.4 Å². The number of nitrogens with zero attached hydrogens (tertiary/aromatic N) is 1. The van der Waals surface area contributed by atoms with Gasteiger partial charge in [-0.25, -0.2) is 4.39 Å². The van der Waals surface area contributed by atoms with Crippen molar-refractivity contribution in [1.82, 2.24) is 4.90 Å². The van der Waals surface area contributed by atoms with Crippen LogP contribution in [0.5, 0.6) is 0 Å². The van der Waals surface area contributed by atoms with Crippen LogP contribution in [-0.4, -0.2) is 17.5 Å². The molecule has 2 rings (SSSR count). The molecule has 0 bridgehead atoms. The number of benzene rings is 1. The van der Waals surface area contributed by atoms with Gasteiger partial charge in [0.15, 0.2) is 0 Å². The Hall–Kier alpha value is -1.15. The first-order chi connectivity index (χ1) is 7.27. The van der Waals surface area contributed by atoms with Crippen molar-refractivity contribution in [3.63, 3.8) is 0 Å². The standard InChI is InChI=1S/C13H16FN/c1-11(14)13-8-5-9-15(13)10-12-6-3-2-4-7-12/h2-4,6-7,13H,1,5,8-10H2/t13-/m0/s1. The number of halogens is 1. The molecule has 0 radical (unpaired) electrons. The molecule has 0 aliphatic carbocycles. The molecular weight excluding hydrogens is 189 g/mol. The van der Waals surface area contributed by atoms with Crippen LogP contribution in [0.3, 0.4) is 0 Å². The maximum absolute atomic E-state index is 13.1. The number of rotatable bonds is 3. The highest BCUT2D eigenvalue weighted by molar-refractivity contribution is 5.15. The van der Waals surface area contributed by atoms with Gasteiger partial charge in [0, 0.05) is 6.54 Å². The molecule has 1 nitrogen and oxygen atoms in total. The normalized spacial score (nSPS) is 21.8. The molecule has 1 fully saturated rings. The summed E-state index contributed by atoms with van der Waals surface area (Å²) < 4.78 is 13.1. The zero-order valence-corrected chi connectivity index (χ0v) is 8.82. The Morgan fingerprint density at radius 3 is 2.80 bits per heavy atom. The minimum absolute atomic E-state index is 0.0646. The van der Waals surface area contributed by atoms with Gasteiger partial charge >= 0.3 is 0 Å². The summed E-state index contributed by atoms with van der Waals surface area (Å²) in [5.41, 5.74) is 1.24. The largest absolute Gasteiger partial charge is 0.290 e. The monoisotopic (exact) mass is 205 g/mol. The van der Waals surface area contributed by atoms with E-state index in [0.717, 1.165) is 25.9 Å². The Morgan fingerprint density at radius 1 is 1.40 bits per heavy atom. The van der Waals surface area contributed by atoms with E-state index >= 15 is 0 Å². The molecule has 0 N–H and O–H groups in total. The van der Waals surface area contributed by atoms with Gasteiger partial charge in [0.2, 0.25) is 0 Å². The number of hydrogen-bond donors (Lipinski definition) is 0. The summed E-state index contributed by atoms with van der Waals surface area (Å²) in [6, 6.07) is 10.1. The molecule has 1 aromatic rings. The summed E-state index contributed by atoms with van der Waals surface area (Å²) >= 11 is 0. The van der Waals surface area contributed by atoms with Crippen molar-refractivity contribution < 1.29 is 4.39 Å². The second kappa shape index (κ2) is 4.58. The first-order valence-electron chi connectivity index (χ1n) is 5.39. The minimum Gasteiger partial charge on any atom is -0.290 e. The minimum atomic E-state index is -0.191. The molecule has 2 heteroatoms. The fourth-order valence-electron chi connectivity index (χ4n) is 2.19. The number of hydrogen-bond acceptors (Lipinski definition) is 1.